The number of carbonyl (C=O) groups is 2. The van der Waals surface area contributed by atoms with E-state index in [1.165, 1.54) is 37.1 Å². The van der Waals surface area contributed by atoms with Gasteiger partial charge in [-0.2, -0.15) is 5.26 Å². The predicted molar refractivity (Wildman–Crippen MR) is 98.7 cm³/mol. The Labute approximate surface area is 154 Å². The van der Waals surface area contributed by atoms with Crippen LogP contribution in [-0.2, 0) is 15.3 Å². The SMILES string of the molecule is COC(=O)c1ccc(Cl)c(NC(=O)CSCc2ccc(C#N)cc2)c1. The number of benzene rings is 2. The van der Waals surface area contributed by atoms with Crippen LogP contribution in [0.25, 0.3) is 0 Å². The summed E-state index contributed by atoms with van der Waals surface area (Å²) >= 11 is 7.49. The quantitative estimate of drug-likeness (QED) is 0.776. The minimum absolute atomic E-state index is 0.220. The molecule has 0 saturated carbocycles. The van der Waals surface area contributed by atoms with Gasteiger partial charge in [0.1, 0.15) is 0 Å². The van der Waals surface area contributed by atoms with Crippen LogP contribution in [0.2, 0.25) is 5.02 Å². The molecule has 2 rings (SSSR count). The van der Waals surface area contributed by atoms with E-state index < -0.39 is 5.97 Å². The van der Waals surface area contributed by atoms with Crippen LogP contribution in [0.15, 0.2) is 42.5 Å². The summed E-state index contributed by atoms with van der Waals surface area (Å²) < 4.78 is 4.65. The normalized spacial score (nSPS) is 9.96. The number of carbonyl (C=O) groups excluding carboxylic acids is 2. The maximum Gasteiger partial charge on any atom is 0.337 e. The van der Waals surface area contributed by atoms with Crippen molar-refractivity contribution in [3.63, 3.8) is 0 Å². The molecular formula is C18H15ClN2O3S. The molecule has 7 heteroatoms. The van der Waals surface area contributed by atoms with Crippen LogP contribution >= 0.6 is 23.4 Å². The van der Waals surface area contributed by atoms with Crippen molar-refractivity contribution in [3.05, 3.63) is 64.2 Å². The minimum Gasteiger partial charge on any atom is -0.465 e. The Morgan fingerprint density at radius 2 is 1.96 bits per heavy atom. The molecule has 0 aromatic heterocycles. The van der Waals surface area contributed by atoms with Crippen LogP contribution in [0.1, 0.15) is 21.5 Å². The molecule has 25 heavy (non-hydrogen) atoms. The first-order chi connectivity index (χ1) is 12.0. The molecule has 0 bridgehead atoms. The Kier molecular flexibility index (Phi) is 6.87. The number of hydrogen-bond donors (Lipinski definition) is 1. The van der Waals surface area contributed by atoms with Crippen LogP contribution in [0, 0.1) is 11.3 Å². The molecule has 128 valence electrons. The van der Waals surface area contributed by atoms with Crippen molar-refractivity contribution in [2.75, 3.05) is 18.2 Å². The lowest BCUT2D eigenvalue weighted by Crippen LogP contribution is -2.15. The number of nitriles is 1. The van der Waals surface area contributed by atoms with E-state index in [0.717, 1.165) is 5.56 Å². The number of thioether (sulfide) groups is 1. The van der Waals surface area contributed by atoms with E-state index in [9.17, 15) is 9.59 Å². The summed E-state index contributed by atoms with van der Waals surface area (Å²) in [6.07, 6.45) is 0. The van der Waals surface area contributed by atoms with Gasteiger partial charge in [-0.05, 0) is 35.9 Å². The monoisotopic (exact) mass is 374 g/mol. The minimum atomic E-state index is -0.498. The molecule has 1 N–H and O–H groups in total. The highest BCUT2D eigenvalue weighted by Gasteiger charge is 2.11. The first-order valence-electron chi connectivity index (χ1n) is 7.28. The van der Waals surface area contributed by atoms with Gasteiger partial charge in [0, 0.05) is 5.75 Å². The fourth-order valence-electron chi connectivity index (χ4n) is 1.99. The van der Waals surface area contributed by atoms with Crippen LogP contribution in [0.4, 0.5) is 5.69 Å². The number of nitrogens with zero attached hydrogens (tertiary/aromatic N) is 1. The molecule has 5 nitrogen and oxygen atoms in total. The van der Waals surface area contributed by atoms with Gasteiger partial charge in [0.2, 0.25) is 5.91 Å². The van der Waals surface area contributed by atoms with Gasteiger partial charge in [-0.3, -0.25) is 4.79 Å². The number of ether oxygens (including phenoxy) is 1. The first-order valence-corrected chi connectivity index (χ1v) is 8.81. The number of amides is 1. The predicted octanol–water partition coefficient (Wildman–Crippen LogP) is 3.87. The third kappa shape index (κ3) is 5.52. The van der Waals surface area contributed by atoms with Gasteiger partial charge in [0.25, 0.3) is 0 Å². The molecule has 0 aliphatic carbocycles. The smallest absolute Gasteiger partial charge is 0.337 e. The highest BCUT2D eigenvalue weighted by atomic mass is 35.5. The third-order valence-corrected chi connectivity index (χ3v) is 4.58. The Hall–Kier alpha value is -2.49. The van der Waals surface area contributed by atoms with E-state index in [1.54, 1.807) is 12.1 Å². The first kappa shape index (κ1) is 18.8. The van der Waals surface area contributed by atoms with Gasteiger partial charge in [0.15, 0.2) is 0 Å². The number of anilines is 1. The van der Waals surface area contributed by atoms with E-state index in [2.05, 4.69) is 16.1 Å². The van der Waals surface area contributed by atoms with E-state index in [1.807, 2.05) is 12.1 Å². The zero-order valence-corrected chi connectivity index (χ0v) is 15.0. The summed E-state index contributed by atoms with van der Waals surface area (Å²) in [7, 11) is 1.29. The van der Waals surface area contributed by atoms with Crippen molar-refractivity contribution in [3.8, 4) is 6.07 Å². The summed E-state index contributed by atoms with van der Waals surface area (Å²) in [4.78, 5) is 23.6. The second kappa shape index (κ2) is 9.11. The van der Waals surface area contributed by atoms with Crippen molar-refractivity contribution < 1.29 is 14.3 Å². The fourth-order valence-corrected chi connectivity index (χ4v) is 2.94. The Morgan fingerprint density at radius 1 is 1.24 bits per heavy atom. The number of hydrogen-bond acceptors (Lipinski definition) is 5. The molecule has 2 aromatic rings. The second-order valence-corrected chi connectivity index (χ2v) is 6.43. The standard InChI is InChI=1S/C18H15ClN2O3S/c1-24-18(23)14-6-7-15(19)16(8-14)21-17(22)11-25-10-13-4-2-12(9-20)3-5-13/h2-8H,10-11H2,1H3,(H,21,22). The molecule has 0 fully saturated rings. The Balaban J connectivity index is 1.89. The topological polar surface area (TPSA) is 79.2 Å². The van der Waals surface area contributed by atoms with Gasteiger partial charge in [-0.1, -0.05) is 23.7 Å². The largest absolute Gasteiger partial charge is 0.465 e. The Morgan fingerprint density at radius 3 is 2.60 bits per heavy atom. The number of rotatable bonds is 6. The molecule has 0 atom stereocenters. The van der Waals surface area contributed by atoms with Gasteiger partial charge < -0.3 is 10.1 Å². The van der Waals surface area contributed by atoms with Crippen LogP contribution < -0.4 is 5.32 Å². The highest BCUT2D eigenvalue weighted by molar-refractivity contribution is 7.99. The lowest BCUT2D eigenvalue weighted by atomic mass is 10.2. The van der Waals surface area contributed by atoms with Gasteiger partial charge in [-0.15, -0.1) is 11.8 Å². The summed E-state index contributed by atoms with van der Waals surface area (Å²) in [5.74, 6) is 0.165. The lowest BCUT2D eigenvalue weighted by Gasteiger charge is -2.09. The molecule has 0 radical (unpaired) electrons. The van der Waals surface area contributed by atoms with Crippen molar-refractivity contribution in [2.45, 2.75) is 5.75 Å². The van der Waals surface area contributed by atoms with E-state index in [-0.39, 0.29) is 11.7 Å². The zero-order valence-electron chi connectivity index (χ0n) is 13.4. The summed E-state index contributed by atoms with van der Waals surface area (Å²) in [6, 6.07) is 13.8. The van der Waals surface area contributed by atoms with Crippen LogP contribution in [0.3, 0.4) is 0 Å². The molecule has 0 heterocycles. The van der Waals surface area contributed by atoms with E-state index in [0.29, 0.717) is 27.6 Å². The van der Waals surface area contributed by atoms with Gasteiger partial charge in [-0.25, -0.2) is 4.79 Å². The molecule has 1 amide bonds. The Bertz CT molecular complexity index is 816. The molecule has 0 spiro atoms. The van der Waals surface area contributed by atoms with Crippen LogP contribution in [0.5, 0.6) is 0 Å². The maximum atomic E-state index is 12.1. The summed E-state index contributed by atoms with van der Waals surface area (Å²) in [6.45, 7) is 0. The molecule has 0 aliphatic rings. The molecular weight excluding hydrogens is 360 g/mol. The molecule has 0 aliphatic heterocycles. The maximum absolute atomic E-state index is 12.1. The lowest BCUT2D eigenvalue weighted by molar-refractivity contribution is -0.113. The summed E-state index contributed by atoms with van der Waals surface area (Å²) in [5, 5.41) is 11.8. The molecule has 0 unspecified atom stereocenters. The van der Waals surface area contributed by atoms with Crippen LogP contribution in [-0.4, -0.2) is 24.7 Å². The average molecular weight is 375 g/mol. The zero-order chi connectivity index (χ0) is 18.2. The van der Waals surface area contributed by atoms with Crippen molar-refractivity contribution in [2.24, 2.45) is 0 Å². The number of methoxy groups -OCH3 is 1. The van der Waals surface area contributed by atoms with E-state index >= 15 is 0 Å². The second-order valence-electron chi connectivity index (χ2n) is 5.04. The van der Waals surface area contributed by atoms with E-state index in [4.69, 9.17) is 16.9 Å². The number of nitrogens with one attached hydrogen (secondary N) is 1. The third-order valence-electron chi connectivity index (χ3n) is 3.25. The molecule has 2 aromatic carbocycles. The van der Waals surface area contributed by atoms with Crippen molar-refractivity contribution >= 4 is 40.9 Å². The summed E-state index contributed by atoms with van der Waals surface area (Å²) in [5.41, 5.74) is 2.31. The van der Waals surface area contributed by atoms with Gasteiger partial charge >= 0.3 is 5.97 Å². The number of halogens is 1. The highest BCUT2D eigenvalue weighted by Crippen LogP contribution is 2.24. The van der Waals surface area contributed by atoms with Gasteiger partial charge in [0.05, 0.1) is 40.8 Å². The average Bonchev–Trinajstić information content (AvgIpc) is 2.63. The van der Waals surface area contributed by atoms with Crippen molar-refractivity contribution in [1.82, 2.24) is 0 Å². The number of esters is 1. The molecule has 0 saturated heterocycles. The van der Waals surface area contributed by atoms with Crippen molar-refractivity contribution in [1.29, 1.82) is 5.26 Å². The fraction of sp³-hybridized carbons (Fsp3) is 0.167.